The highest BCUT2D eigenvalue weighted by Gasteiger charge is 2.37. The lowest BCUT2D eigenvalue weighted by molar-refractivity contribution is -0.0254. The molecule has 29 heavy (non-hydrogen) atoms. The number of aromatic amines is 1. The topological polar surface area (TPSA) is 148 Å². The molecule has 1 saturated heterocycles. The lowest BCUT2D eigenvalue weighted by Crippen LogP contribution is -2.33. The molecule has 3 rings (SSSR count). The molecule has 11 nitrogen and oxygen atoms in total. The Morgan fingerprint density at radius 1 is 1.41 bits per heavy atom. The maximum Gasteiger partial charge on any atom is 0.330 e. The standard InChI is InChI=1S/C16H23BN5O6P/c1-10-8-22(16(24)19-15(10)23)14-7-12(20-21-18)13(27-14)9-26-29(17,25)28-11-5-3-2-4-6-11/h8,11-14H,2-7,9H2,1H3,(H,19,23,24)/q-1/t12-,13+,14+,29?/m0/s1. The predicted octanol–water partition coefficient (Wildman–Crippen LogP) is 2.45. The summed E-state index contributed by atoms with van der Waals surface area (Å²) in [5, 5.41) is 3.68. The van der Waals surface area contributed by atoms with Gasteiger partial charge in [0.15, 0.2) is 0 Å². The molecule has 13 heteroatoms. The average Bonchev–Trinajstić information content (AvgIpc) is 3.06. The van der Waals surface area contributed by atoms with Crippen LogP contribution in [-0.4, -0.2) is 42.0 Å². The van der Waals surface area contributed by atoms with Gasteiger partial charge in [0.2, 0.25) is 0 Å². The van der Waals surface area contributed by atoms with Gasteiger partial charge in [-0.2, -0.15) is 0 Å². The summed E-state index contributed by atoms with van der Waals surface area (Å²) in [5.41, 5.74) is 8.03. The van der Waals surface area contributed by atoms with Crippen LogP contribution in [-0.2, 0) is 18.3 Å². The number of H-pyrrole nitrogens is 1. The van der Waals surface area contributed by atoms with Crippen LogP contribution >= 0.6 is 7.47 Å². The SMILES string of the molecule is [B-]P(=O)(OC[C@H]1O[C@@H](n2cc(C)c(=O)[nH]c2=O)C[C@@H]1N=[N+]=[N-])OC1CCCCC1. The van der Waals surface area contributed by atoms with Crippen molar-refractivity contribution in [3.63, 3.8) is 0 Å². The highest BCUT2D eigenvalue weighted by molar-refractivity contribution is 7.79. The number of hydrogen-bond donors (Lipinski definition) is 1. The molecule has 1 unspecified atom stereocenters. The fourth-order valence-corrected chi connectivity index (χ4v) is 4.65. The van der Waals surface area contributed by atoms with Crippen LogP contribution < -0.4 is 11.2 Å². The normalized spacial score (nSPS) is 27.3. The van der Waals surface area contributed by atoms with E-state index in [1.54, 1.807) is 6.92 Å². The highest BCUT2D eigenvalue weighted by Crippen LogP contribution is 2.47. The first kappa shape index (κ1) is 21.9. The second kappa shape index (κ2) is 9.32. The first-order valence-corrected chi connectivity index (χ1v) is 11.1. The molecule has 1 aromatic heterocycles. The monoisotopic (exact) mass is 423 g/mol. The van der Waals surface area contributed by atoms with E-state index in [0.717, 1.165) is 32.1 Å². The number of nitrogens with one attached hydrogen (secondary N) is 1. The summed E-state index contributed by atoms with van der Waals surface area (Å²) < 4.78 is 30.2. The van der Waals surface area contributed by atoms with Gasteiger partial charge in [-0.3, -0.25) is 14.3 Å². The summed E-state index contributed by atoms with van der Waals surface area (Å²) >= 11 is 0. The number of hydrogen-bond acceptors (Lipinski definition) is 7. The minimum atomic E-state index is -3.81. The van der Waals surface area contributed by atoms with Gasteiger partial charge in [-0.25, -0.2) is 4.79 Å². The van der Waals surface area contributed by atoms with E-state index in [4.69, 9.17) is 26.9 Å². The van der Waals surface area contributed by atoms with E-state index >= 15 is 0 Å². The zero-order chi connectivity index (χ0) is 21.0. The van der Waals surface area contributed by atoms with Crippen LogP contribution in [0.1, 0.15) is 50.3 Å². The number of azide groups is 1. The van der Waals surface area contributed by atoms with Crippen molar-refractivity contribution in [3.8, 4) is 0 Å². The molecule has 1 saturated carbocycles. The third kappa shape index (κ3) is 5.61. The van der Waals surface area contributed by atoms with Crippen LogP contribution in [0.4, 0.5) is 0 Å². The Bertz CT molecular complexity index is 938. The molecule has 0 spiro atoms. The Morgan fingerprint density at radius 3 is 2.83 bits per heavy atom. The largest absolute Gasteiger partial charge is 0.444 e. The molecule has 0 amide bonds. The van der Waals surface area contributed by atoms with Crippen molar-refractivity contribution in [1.29, 1.82) is 0 Å². The quantitative estimate of drug-likeness (QED) is 0.234. The highest BCUT2D eigenvalue weighted by atomic mass is 31.2. The lowest BCUT2D eigenvalue weighted by Gasteiger charge is -2.34. The molecule has 1 aromatic rings. The maximum absolute atomic E-state index is 12.5. The van der Waals surface area contributed by atoms with Crippen molar-refractivity contribution >= 4 is 15.0 Å². The van der Waals surface area contributed by atoms with E-state index in [9.17, 15) is 14.2 Å². The molecule has 1 N–H and O–H groups in total. The summed E-state index contributed by atoms with van der Waals surface area (Å²) in [6, 6.07) is -0.668. The molecule has 0 bridgehead atoms. The third-order valence-electron chi connectivity index (χ3n) is 5.13. The Morgan fingerprint density at radius 2 is 2.14 bits per heavy atom. The van der Waals surface area contributed by atoms with Crippen LogP contribution in [0.15, 0.2) is 20.9 Å². The molecule has 0 aromatic carbocycles. The van der Waals surface area contributed by atoms with E-state index in [0.29, 0.717) is 5.56 Å². The van der Waals surface area contributed by atoms with Crippen LogP contribution in [0, 0.1) is 6.92 Å². The van der Waals surface area contributed by atoms with Gasteiger partial charge in [-0.1, -0.05) is 24.4 Å². The second-order valence-electron chi connectivity index (χ2n) is 7.32. The number of aryl methyl sites for hydroxylation is 1. The van der Waals surface area contributed by atoms with Gasteiger partial charge < -0.3 is 25.9 Å². The van der Waals surface area contributed by atoms with Gasteiger partial charge in [0, 0.05) is 23.1 Å². The Labute approximate surface area is 168 Å². The zero-order valence-corrected chi connectivity index (χ0v) is 17.0. The van der Waals surface area contributed by atoms with Crippen LogP contribution in [0.3, 0.4) is 0 Å². The van der Waals surface area contributed by atoms with Crippen molar-refractivity contribution < 1.29 is 18.3 Å². The van der Waals surface area contributed by atoms with E-state index in [1.165, 1.54) is 10.8 Å². The first-order valence-electron chi connectivity index (χ1n) is 9.52. The van der Waals surface area contributed by atoms with E-state index in [2.05, 4.69) is 15.0 Å². The zero-order valence-electron chi connectivity index (χ0n) is 16.1. The van der Waals surface area contributed by atoms with Crippen molar-refractivity contribution in [3.05, 3.63) is 43.0 Å². The summed E-state index contributed by atoms with van der Waals surface area (Å²) in [5.74, 6) is 0. The molecular formula is C16H23BN5O6P-. The van der Waals surface area contributed by atoms with Crippen molar-refractivity contribution in [1.82, 2.24) is 9.55 Å². The Kier molecular flexibility index (Phi) is 7.03. The summed E-state index contributed by atoms with van der Waals surface area (Å²) in [6.45, 7) is 1.33. The Balaban J connectivity index is 1.67. The number of aromatic nitrogens is 2. The molecule has 2 fully saturated rings. The molecule has 2 heterocycles. The Hall–Kier alpha value is -1.84. The smallest absolute Gasteiger partial charge is 0.330 e. The molecule has 1 aliphatic heterocycles. The van der Waals surface area contributed by atoms with Gasteiger partial charge >= 0.3 is 5.69 Å². The average molecular weight is 423 g/mol. The fraction of sp³-hybridized carbons (Fsp3) is 0.750. The van der Waals surface area contributed by atoms with Crippen LogP contribution in [0.2, 0.25) is 0 Å². The van der Waals surface area contributed by atoms with Crippen LogP contribution in [0.5, 0.6) is 0 Å². The van der Waals surface area contributed by atoms with Gasteiger partial charge in [-0.05, 0) is 25.3 Å². The van der Waals surface area contributed by atoms with Crippen molar-refractivity contribution in [2.75, 3.05) is 6.61 Å². The van der Waals surface area contributed by atoms with Crippen molar-refractivity contribution in [2.24, 2.45) is 5.11 Å². The van der Waals surface area contributed by atoms with Gasteiger partial charge in [-0.15, -0.1) is 0 Å². The molecule has 2 aliphatic rings. The second-order valence-corrected chi connectivity index (χ2v) is 8.87. The fourth-order valence-electron chi connectivity index (χ4n) is 3.61. The first-order chi connectivity index (χ1) is 13.8. The lowest BCUT2D eigenvalue weighted by atomic mass is 9.98. The third-order valence-corrected chi connectivity index (χ3v) is 6.23. The van der Waals surface area contributed by atoms with E-state index in [-0.39, 0.29) is 19.1 Å². The molecule has 157 valence electrons. The predicted molar refractivity (Wildman–Crippen MR) is 105 cm³/mol. The molecule has 4 atom stereocenters. The maximum atomic E-state index is 12.5. The number of nitrogens with zero attached hydrogens (tertiary/aromatic N) is 4. The van der Waals surface area contributed by atoms with Gasteiger partial charge in [0.1, 0.15) is 6.23 Å². The summed E-state index contributed by atoms with van der Waals surface area (Å²) in [4.78, 5) is 28.7. The molecule has 1 aliphatic carbocycles. The van der Waals surface area contributed by atoms with Crippen molar-refractivity contribution in [2.45, 2.75) is 69.9 Å². The van der Waals surface area contributed by atoms with Gasteiger partial charge in [0.25, 0.3) is 5.56 Å². The van der Waals surface area contributed by atoms with E-state index < -0.39 is 37.1 Å². The minimum absolute atomic E-state index is 0.182. The minimum Gasteiger partial charge on any atom is -0.444 e. The molecular weight excluding hydrogens is 400 g/mol. The summed E-state index contributed by atoms with van der Waals surface area (Å²) in [6.07, 6.45) is 4.46. The van der Waals surface area contributed by atoms with Crippen LogP contribution in [0.25, 0.3) is 10.4 Å². The number of ether oxygens (including phenoxy) is 1. The van der Waals surface area contributed by atoms with E-state index in [1.807, 2.05) is 0 Å². The van der Waals surface area contributed by atoms with Gasteiger partial charge in [0.05, 0.1) is 32.3 Å². The summed E-state index contributed by atoms with van der Waals surface area (Å²) in [7, 11) is 1.90. The molecule has 3 radical (unpaired) electrons. The number of rotatable bonds is 7.